The van der Waals surface area contributed by atoms with Crippen LogP contribution in [0.25, 0.3) is 6.08 Å². The Kier molecular flexibility index (Phi) is 3.26. The second-order valence-electron chi connectivity index (χ2n) is 6.92. The van der Waals surface area contributed by atoms with Gasteiger partial charge in [-0.05, 0) is 69.7 Å². The van der Waals surface area contributed by atoms with Crippen LogP contribution in [-0.4, -0.2) is 17.0 Å². The average Bonchev–Trinajstić information content (AvgIpc) is 2.87. The standard InChI is InChI=1S/C18H25N/c1-18(2,3)19-12-6-9-17(19)16-11-10-14-7-4-5-8-15(14)13-16/h4,7,10-11,13,17H,5-6,8-9,12H2,1-3H3. The zero-order valence-corrected chi connectivity index (χ0v) is 12.4. The van der Waals surface area contributed by atoms with Crippen molar-refractivity contribution in [2.45, 2.75) is 58.0 Å². The fourth-order valence-corrected chi connectivity index (χ4v) is 3.58. The highest BCUT2D eigenvalue weighted by Gasteiger charge is 2.33. The van der Waals surface area contributed by atoms with Crippen LogP contribution in [0.4, 0.5) is 0 Å². The van der Waals surface area contributed by atoms with E-state index in [1.54, 1.807) is 5.56 Å². The van der Waals surface area contributed by atoms with Crippen molar-refractivity contribution in [3.63, 3.8) is 0 Å². The molecule has 102 valence electrons. The van der Waals surface area contributed by atoms with Crippen LogP contribution in [0, 0.1) is 0 Å². The molecule has 3 rings (SSSR count). The zero-order valence-electron chi connectivity index (χ0n) is 12.4. The molecule has 1 aromatic rings. The van der Waals surface area contributed by atoms with E-state index in [0.717, 1.165) is 0 Å². The molecule has 1 aliphatic carbocycles. The Hall–Kier alpha value is -1.08. The number of aryl methyl sites for hydroxylation is 1. The van der Waals surface area contributed by atoms with Gasteiger partial charge in [-0.1, -0.05) is 30.4 Å². The molecule has 1 heteroatoms. The van der Waals surface area contributed by atoms with Gasteiger partial charge >= 0.3 is 0 Å². The van der Waals surface area contributed by atoms with Crippen molar-refractivity contribution in [1.29, 1.82) is 0 Å². The van der Waals surface area contributed by atoms with Crippen molar-refractivity contribution in [1.82, 2.24) is 4.90 Å². The van der Waals surface area contributed by atoms with Crippen LogP contribution >= 0.6 is 0 Å². The summed E-state index contributed by atoms with van der Waals surface area (Å²) in [5.41, 5.74) is 4.77. The van der Waals surface area contributed by atoms with E-state index in [4.69, 9.17) is 0 Å². The second kappa shape index (κ2) is 4.79. The Labute approximate surface area is 117 Å². The third-order valence-corrected chi connectivity index (χ3v) is 4.54. The quantitative estimate of drug-likeness (QED) is 0.710. The lowest BCUT2D eigenvalue weighted by atomic mass is 9.91. The first-order chi connectivity index (χ1) is 9.05. The predicted molar refractivity (Wildman–Crippen MR) is 82.2 cm³/mol. The molecule has 0 amide bonds. The maximum Gasteiger partial charge on any atom is 0.0353 e. The number of nitrogens with zero attached hydrogens (tertiary/aromatic N) is 1. The van der Waals surface area contributed by atoms with Crippen molar-refractivity contribution in [2.75, 3.05) is 6.54 Å². The van der Waals surface area contributed by atoms with E-state index in [1.165, 1.54) is 43.4 Å². The molecule has 0 N–H and O–H groups in total. The summed E-state index contributed by atoms with van der Waals surface area (Å²) in [6.07, 6.45) is 9.62. The summed E-state index contributed by atoms with van der Waals surface area (Å²) in [4.78, 5) is 2.67. The number of fused-ring (bicyclic) bond motifs is 1. The minimum absolute atomic E-state index is 0.275. The first kappa shape index (κ1) is 12.9. The lowest BCUT2D eigenvalue weighted by Crippen LogP contribution is -2.40. The lowest BCUT2D eigenvalue weighted by Gasteiger charge is -2.37. The molecule has 1 aromatic carbocycles. The van der Waals surface area contributed by atoms with Crippen molar-refractivity contribution in [3.8, 4) is 0 Å². The largest absolute Gasteiger partial charge is 0.291 e. The van der Waals surface area contributed by atoms with E-state index >= 15 is 0 Å². The van der Waals surface area contributed by atoms with Crippen molar-refractivity contribution in [2.24, 2.45) is 0 Å². The van der Waals surface area contributed by atoms with Gasteiger partial charge in [0, 0.05) is 11.6 Å². The van der Waals surface area contributed by atoms with Crippen molar-refractivity contribution in [3.05, 3.63) is 41.0 Å². The van der Waals surface area contributed by atoms with E-state index in [9.17, 15) is 0 Å². The molecule has 1 unspecified atom stereocenters. The smallest absolute Gasteiger partial charge is 0.0353 e. The number of hydrogen-bond donors (Lipinski definition) is 0. The number of rotatable bonds is 1. The number of benzene rings is 1. The average molecular weight is 255 g/mol. The normalized spacial score (nSPS) is 23.6. The molecule has 0 bridgehead atoms. The van der Waals surface area contributed by atoms with Gasteiger partial charge in [-0.25, -0.2) is 0 Å². The Morgan fingerprint density at radius 2 is 2.05 bits per heavy atom. The van der Waals surface area contributed by atoms with Crippen molar-refractivity contribution < 1.29 is 0 Å². The Morgan fingerprint density at radius 1 is 1.21 bits per heavy atom. The van der Waals surface area contributed by atoms with Crippen molar-refractivity contribution >= 4 is 6.08 Å². The minimum atomic E-state index is 0.275. The highest BCUT2D eigenvalue weighted by Crippen LogP contribution is 2.38. The summed E-state index contributed by atoms with van der Waals surface area (Å²) in [6, 6.07) is 7.76. The van der Waals surface area contributed by atoms with E-state index in [2.05, 4.69) is 56.0 Å². The maximum atomic E-state index is 2.67. The maximum absolute atomic E-state index is 2.67. The summed E-state index contributed by atoms with van der Waals surface area (Å²) in [7, 11) is 0. The Balaban J connectivity index is 1.92. The molecular formula is C18H25N. The monoisotopic (exact) mass is 255 g/mol. The molecule has 0 saturated carbocycles. The summed E-state index contributed by atoms with van der Waals surface area (Å²) >= 11 is 0. The van der Waals surface area contributed by atoms with E-state index in [-0.39, 0.29) is 5.54 Å². The van der Waals surface area contributed by atoms with Gasteiger partial charge in [-0.2, -0.15) is 0 Å². The summed E-state index contributed by atoms with van der Waals surface area (Å²) < 4.78 is 0. The van der Waals surface area contributed by atoms with Gasteiger partial charge in [0.2, 0.25) is 0 Å². The van der Waals surface area contributed by atoms with Crippen LogP contribution < -0.4 is 0 Å². The topological polar surface area (TPSA) is 3.24 Å². The van der Waals surface area contributed by atoms with Crippen LogP contribution in [0.15, 0.2) is 24.3 Å². The van der Waals surface area contributed by atoms with Crippen LogP contribution in [-0.2, 0) is 6.42 Å². The molecule has 2 aliphatic rings. The van der Waals surface area contributed by atoms with Crippen LogP contribution in [0.2, 0.25) is 0 Å². The SMILES string of the molecule is CC(C)(C)N1CCCC1c1ccc2c(c1)CCC=C2. The van der Waals surface area contributed by atoms with E-state index < -0.39 is 0 Å². The van der Waals surface area contributed by atoms with Crippen LogP contribution in [0.3, 0.4) is 0 Å². The first-order valence-corrected chi connectivity index (χ1v) is 7.62. The molecule has 1 aliphatic heterocycles. The molecule has 0 radical (unpaired) electrons. The molecule has 1 atom stereocenters. The fraction of sp³-hybridized carbons (Fsp3) is 0.556. The fourth-order valence-electron chi connectivity index (χ4n) is 3.58. The first-order valence-electron chi connectivity index (χ1n) is 7.62. The minimum Gasteiger partial charge on any atom is -0.291 e. The highest BCUT2D eigenvalue weighted by atomic mass is 15.2. The summed E-state index contributed by atoms with van der Waals surface area (Å²) in [6.45, 7) is 8.26. The molecule has 1 heterocycles. The third-order valence-electron chi connectivity index (χ3n) is 4.54. The molecule has 1 nitrogen and oxygen atoms in total. The van der Waals surface area contributed by atoms with E-state index in [0.29, 0.717) is 6.04 Å². The summed E-state index contributed by atoms with van der Waals surface area (Å²) in [5, 5.41) is 0. The molecule has 1 fully saturated rings. The Morgan fingerprint density at radius 3 is 2.84 bits per heavy atom. The zero-order chi connectivity index (χ0) is 13.5. The van der Waals surface area contributed by atoms with Gasteiger partial charge in [0.1, 0.15) is 0 Å². The van der Waals surface area contributed by atoms with Gasteiger partial charge in [0.05, 0.1) is 0 Å². The molecule has 19 heavy (non-hydrogen) atoms. The van der Waals surface area contributed by atoms with Crippen LogP contribution in [0.5, 0.6) is 0 Å². The lowest BCUT2D eigenvalue weighted by molar-refractivity contribution is 0.121. The third kappa shape index (κ3) is 2.49. The Bertz CT molecular complexity index is 493. The van der Waals surface area contributed by atoms with Gasteiger partial charge in [0.15, 0.2) is 0 Å². The number of hydrogen-bond acceptors (Lipinski definition) is 1. The predicted octanol–water partition coefficient (Wildman–Crippen LogP) is 4.58. The number of allylic oxidation sites excluding steroid dienone is 1. The van der Waals surface area contributed by atoms with Crippen LogP contribution in [0.1, 0.15) is 62.8 Å². The molecule has 1 saturated heterocycles. The van der Waals surface area contributed by atoms with Gasteiger partial charge in [-0.3, -0.25) is 4.90 Å². The molecular weight excluding hydrogens is 230 g/mol. The number of likely N-dealkylation sites (tertiary alicyclic amines) is 1. The highest BCUT2D eigenvalue weighted by molar-refractivity contribution is 5.57. The molecule has 0 spiro atoms. The van der Waals surface area contributed by atoms with Gasteiger partial charge in [-0.15, -0.1) is 0 Å². The van der Waals surface area contributed by atoms with Gasteiger partial charge < -0.3 is 0 Å². The summed E-state index contributed by atoms with van der Waals surface area (Å²) in [5.74, 6) is 0. The van der Waals surface area contributed by atoms with E-state index in [1.807, 2.05) is 0 Å². The van der Waals surface area contributed by atoms with Gasteiger partial charge in [0.25, 0.3) is 0 Å². The molecule has 0 aromatic heterocycles. The second-order valence-corrected chi connectivity index (χ2v) is 6.92.